The van der Waals surface area contributed by atoms with Crippen molar-refractivity contribution in [3.8, 4) is 5.75 Å². The van der Waals surface area contributed by atoms with E-state index in [1.54, 1.807) is 23.5 Å². The smallest absolute Gasteiger partial charge is 0.243 e. The highest BCUT2D eigenvalue weighted by atomic mass is 32.2. The van der Waals surface area contributed by atoms with Crippen molar-refractivity contribution in [2.45, 2.75) is 29.8 Å². The minimum atomic E-state index is -3.60. The minimum absolute atomic E-state index is 0.0365. The van der Waals surface area contributed by atoms with Crippen LogP contribution in [0.25, 0.3) is 10.9 Å². The topological polar surface area (TPSA) is 85.9 Å². The van der Waals surface area contributed by atoms with Crippen LogP contribution in [0.2, 0.25) is 0 Å². The number of aryl methyl sites for hydroxylation is 1. The van der Waals surface area contributed by atoms with Crippen molar-refractivity contribution in [2.75, 3.05) is 33.4 Å². The number of sulfonamides is 1. The number of rotatable bonds is 6. The summed E-state index contributed by atoms with van der Waals surface area (Å²) in [6.07, 6.45) is 0. The number of methoxy groups -OCH3 is 1. The van der Waals surface area contributed by atoms with Crippen molar-refractivity contribution in [1.82, 2.24) is 14.2 Å². The molecule has 0 unspecified atom stereocenters. The molecular weight excluding hydrogens is 486 g/mol. The van der Waals surface area contributed by atoms with Crippen molar-refractivity contribution in [1.29, 1.82) is 0 Å². The Labute approximate surface area is 217 Å². The van der Waals surface area contributed by atoms with Gasteiger partial charge in [-0.3, -0.25) is 4.90 Å². The van der Waals surface area contributed by atoms with E-state index in [0.29, 0.717) is 31.1 Å². The van der Waals surface area contributed by atoms with Crippen LogP contribution in [0.3, 0.4) is 0 Å². The zero-order chi connectivity index (χ0) is 25.8. The van der Waals surface area contributed by atoms with Gasteiger partial charge in [0, 0.05) is 54.3 Å². The van der Waals surface area contributed by atoms with Gasteiger partial charge in [-0.25, -0.2) is 8.42 Å². The summed E-state index contributed by atoms with van der Waals surface area (Å²) >= 11 is 0. The lowest BCUT2D eigenvalue weighted by Gasteiger charge is -2.55. The van der Waals surface area contributed by atoms with Gasteiger partial charge in [-0.1, -0.05) is 48.0 Å². The van der Waals surface area contributed by atoms with Crippen LogP contribution in [0, 0.1) is 6.92 Å². The van der Waals surface area contributed by atoms with E-state index < -0.39 is 10.0 Å². The molecule has 0 bridgehead atoms. The molecule has 3 aromatic carbocycles. The predicted molar refractivity (Wildman–Crippen MR) is 143 cm³/mol. The molecule has 0 amide bonds. The monoisotopic (exact) mass is 517 g/mol. The maximum Gasteiger partial charge on any atom is 0.243 e. The van der Waals surface area contributed by atoms with Crippen LogP contribution < -0.4 is 4.74 Å². The van der Waals surface area contributed by atoms with Crippen LogP contribution in [0.1, 0.15) is 28.4 Å². The average Bonchev–Trinajstić information content (AvgIpc) is 3.26. The Bertz CT molecular complexity index is 1540. The quantitative estimate of drug-likeness (QED) is 0.404. The minimum Gasteiger partial charge on any atom is -0.497 e. The number of ether oxygens (including phenoxy) is 1. The molecule has 1 saturated heterocycles. The fourth-order valence-corrected chi connectivity index (χ4v) is 7.63. The summed E-state index contributed by atoms with van der Waals surface area (Å²) in [4.78, 5) is 6.17. The summed E-state index contributed by atoms with van der Waals surface area (Å²) in [7, 11) is -1.96. The maximum absolute atomic E-state index is 13.5. The summed E-state index contributed by atoms with van der Waals surface area (Å²) in [5.74, 6) is 0.749. The Balaban J connectivity index is 1.42. The van der Waals surface area contributed by atoms with E-state index in [-0.39, 0.29) is 18.1 Å². The molecule has 1 atom stereocenters. The van der Waals surface area contributed by atoms with Gasteiger partial charge in [0.25, 0.3) is 0 Å². The highest BCUT2D eigenvalue weighted by Crippen LogP contribution is 2.50. The molecule has 2 N–H and O–H groups in total. The molecule has 1 aromatic heterocycles. The van der Waals surface area contributed by atoms with E-state index in [0.717, 1.165) is 39.0 Å². The molecule has 0 aliphatic carbocycles. The lowest BCUT2D eigenvalue weighted by Crippen LogP contribution is -2.67. The number of aliphatic hydroxyl groups excluding tert-OH is 1. The van der Waals surface area contributed by atoms with Gasteiger partial charge in [0.2, 0.25) is 10.0 Å². The first kappa shape index (κ1) is 24.2. The Morgan fingerprint density at radius 1 is 1.03 bits per heavy atom. The number of nitrogens with zero attached hydrogens (tertiary/aromatic N) is 2. The second-order valence-electron chi connectivity index (χ2n) is 10.3. The van der Waals surface area contributed by atoms with E-state index in [2.05, 4.69) is 22.0 Å². The number of aromatic amines is 1. The van der Waals surface area contributed by atoms with Gasteiger partial charge >= 0.3 is 0 Å². The zero-order valence-electron chi connectivity index (χ0n) is 21.0. The predicted octanol–water partition coefficient (Wildman–Crippen LogP) is 3.98. The second kappa shape index (κ2) is 8.99. The maximum atomic E-state index is 13.5. The first-order chi connectivity index (χ1) is 17.8. The van der Waals surface area contributed by atoms with E-state index in [1.165, 1.54) is 0 Å². The van der Waals surface area contributed by atoms with Crippen LogP contribution in [-0.2, 0) is 22.0 Å². The number of hydrogen-bond acceptors (Lipinski definition) is 5. The number of nitrogens with one attached hydrogen (secondary N) is 1. The largest absolute Gasteiger partial charge is 0.497 e. The van der Waals surface area contributed by atoms with E-state index >= 15 is 0 Å². The van der Waals surface area contributed by atoms with Gasteiger partial charge in [-0.2, -0.15) is 4.31 Å². The van der Waals surface area contributed by atoms with Gasteiger partial charge in [0.1, 0.15) is 5.75 Å². The number of H-pyrrole nitrogens is 1. The highest BCUT2D eigenvalue weighted by Gasteiger charge is 2.55. The Morgan fingerprint density at radius 3 is 2.43 bits per heavy atom. The average molecular weight is 518 g/mol. The number of fused-ring (bicyclic) bond motifs is 4. The summed E-state index contributed by atoms with van der Waals surface area (Å²) in [6.45, 7) is 4.00. The van der Waals surface area contributed by atoms with E-state index in [9.17, 15) is 13.5 Å². The molecule has 1 spiro atoms. The fraction of sp³-hybridized carbons (Fsp3) is 0.310. The van der Waals surface area contributed by atoms with Crippen molar-refractivity contribution in [3.63, 3.8) is 0 Å². The van der Waals surface area contributed by atoms with Gasteiger partial charge in [0.15, 0.2) is 0 Å². The number of hydrogen-bond donors (Lipinski definition) is 2. The lowest BCUT2D eigenvalue weighted by molar-refractivity contribution is 0.0257. The lowest BCUT2D eigenvalue weighted by atomic mass is 9.70. The summed E-state index contributed by atoms with van der Waals surface area (Å²) in [6, 6.07) is 23.0. The number of benzene rings is 3. The van der Waals surface area contributed by atoms with Crippen LogP contribution >= 0.6 is 0 Å². The highest BCUT2D eigenvalue weighted by molar-refractivity contribution is 7.89. The summed E-state index contributed by atoms with van der Waals surface area (Å²) in [5, 5.41) is 11.6. The first-order valence-corrected chi connectivity index (χ1v) is 13.9. The first-order valence-electron chi connectivity index (χ1n) is 12.5. The van der Waals surface area contributed by atoms with E-state index in [1.807, 2.05) is 55.5 Å². The van der Waals surface area contributed by atoms with Gasteiger partial charge in [-0.05, 0) is 42.3 Å². The number of aromatic nitrogens is 1. The molecule has 2 aliphatic rings. The SMILES string of the molecule is COc1ccc2c3c([nH]c2c1)[C@H](CO)N(Cc1ccccc1)CC31CN(S(=O)(=O)c2ccc(C)cc2)C1. The van der Waals surface area contributed by atoms with Crippen molar-refractivity contribution in [3.05, 3.63) is 95.2 Å². The molecule has 6 rings (SSSR count). The Morgan fingerprint density at radius 2 is 1.76 bits per heavy atom. The fourth-order valence-electron chi connectivity index (χ4n) is 6.01. The molecule has 2 aliphatic heterocycles. The van der Waals surface area contributed by atoms with Crippen LogP contribution in [0.4, 0.5) is 0 Å². The van der Waals surface area contributed by atoms with Crippen LogP contribution in [-0.4, -0.2) is 61.1 Å². The van der Waals surface area contributed by atoms with Crippen LogP contribution in [0.15, 0.2) is 77.7 Å². The number of aliphatic hydroxyl groups is 1. The van der Waals surface area contributed by atoms with Gasteiger partial charge < -0.3 is 14.8 Å². The molecule has 37 heavy (non-hydrogen) atoms. The molecule has 8 heteroatoms. The second-order valence-corrected chi connectivity index (χ2v) is 12.2. The molecule has 0 saturated carbocycles. The Kier molecular flexibility index (Phi) is 5.88. The zero-order valence-corrected chi connectivity index (χ0v) is 21.8. The van der Waals surface area contributed by atoms with Crippen molar-refractivity contribution in [2.24, 2.45) is 0 Å². The van der Waals surface area contributed by atoms with Crippen molar-refractivity contribution < 1.29 is 18.3 Å². The molecule has 1 fully saturated rings. The van der Waals surface area contributed by atoms with Gasteiger partial charge in [-0.15, -0.1) is 0 Å². The standard InChI is InChI=1S/C29H31N3O4S/c1-20-8-11-23(12-9-20)37(34,35)32-18-29(19-32)17-31(15-21-6-4-3-5-7-21)26(16-33)28-27(29)24-13-10-22(36-2)14-25(24)30-28/h3-14,26,30,33H,15-19H2,1-2H3/t26-/m0/s1. The van der Waals surface area contributed by atoms with Crippen molar-refractivity contribution >= 4 is 20.9 Å². The Hall–Kier alpha value is -3.17. The van der Waals surface area contributed by atoms with Crippen LogP contribution in [0.5, 0.6) is 5.75 Å². The molecule has 192 valence electrons. The van der Waals surface area contributed by atoms with Gasteiger partial charge in [0.05, 0.1) is 24.7 Å². The summed E-state index contributed by atoms with van der Waals surface area (Å²) in [5.41, 5.74) is 4.80. The third kappa shape index (κ3) is 3.95. The molecule has 7 nitrogen and oxygen atoms in total. The molecule has 3 heterocycles. The molecular formula is C29H31N3O4S. The molecule has 4 aromatic rings. The summed E-state index contributed by atoms with van der Waals surface area (Å²) < 4.78 is 34.0. The normalized spacial score (nSPS) is 19.6. The third-order valence-electron chi connectivity index (χ3n) is 7.86. The van der Waals surface area contributed by atoms with E-state index in [4.69, 9.17) is 4.74 Å². The third-order valence-corrected chi connectivity index (χ3v) is 9.67. The molecule has 0 radical (unpaired) electrons.